The first-order chi connectivity index (χ1) is 19.5. The maximum atomic E-state index is 13.4. The summed E-state index contributed by atoms with van der Waals surface area (Å²) in [5.74, 6) is -0.0991. The summed E-state index contributed by atoms with van der Waals surface area (Å²) in [6.45, 7) is 0. The molecular weight excluding hydrogens is 527 g/mol. The van der Waals surface area contributed by atoms with E-state index in [0.29, 0.717) is 28.4 Å². The fourth-order valence-corrected chi connectivity index (χ4v) is 4.52. The van der Waals surface area contributed by atoms with Crippen LogP contribution in [0, 0.1) is 5.82 Å². The highest BCUT2D eigenvalue weighted by molar-refractivity contribution is 7.98. The predicted molar refractivity (Wildman–Crippen MR) is 152 cm³/mol. The molecule has 0 aliphatic rings. The summed E-state index contributed by atoms with van der Waals surface area (Å²) in [7, 11) is 0. The molecule has 0 fully saturated rings. The maximum Gasteiger partial charge on any atom is 0.272 e. The van der Waals surface area contributed by atoms with Crippen LogP contribution < -0.4 is 10.6 Å². The van der Waals surface area contributed by atoms with Gasteiger partial charge in [0, 0.05) is 16.1 Å². The van der Waals surface area contributed by atoms with E-state index in [1.165, 1.54) is 30.3 Å². The molecular formula is C30H23FN6O2S. The number of nitrogens with one attached hydrogen (secondary N) is 2. The SMILES string of the molecule is O=C(Nc1ccc(SCc2nnnn2-c2ccccc2)cc1)/C(=C/c1ccc(F)cc1)NC(=O)c1ccccc1. The Hall–Kier alpha value is -5.09. The molecule has 40 heavy (non-hydrogen) atoms. The third-order valence-corrected chi connectivity index (χ3v) is 6.73. The molecule has 1 heterocycles. The summed E-state index contributed by atoms with van der Waals surface area (Å²) in [5.41, 5.74) is 2.41. The van der Waals surface area contributed by atoms with Crippen molar-refractivity contribution in [2.24, 2.45) is 0 Å². The van der Waals surface area contributed by atoms with Gasteiger partial charge in [-0.25, -0.2) is 4.39 Å². The predicted octanol–water partition coefficient (Wildman–Crippen LogP) is 5.50. The number of rotatable bonds is 9. The quantitative estimate of drug-likeness (QED) is 0.186. The molecule has 0 aliphatic heterocycles. The monoisotopic (exact) mass is 550 g/mol. The van der Waals surface area contributed by atoms with Crippen LogP contribution >= 0.6 is 11.8 Å². The van der Waals surface area contributed by atoms with E-state index in [-0.39, 0.29) is 5.70 Å². The van der Waals surface area contributed by atoms with Gasteiger partial charge in [-0.1, -0.05) is 48.5 Å². The Morgan fingerprint density at radius 2 is 1.52 bits per heavy atom. The molecule has 1 aromatic heterocycles. The summed E-state index contributed by atoms with van der Waals surface area (Å²) >= 11 is 1.55. The lowest BCUT2D eigenvalue weighted by Gasteiger charge is -2.12. The number of tetrazole rings is 1. The number of benzene rings is 4. The second kappa shape index (κ2) is 12.6. The number of aromatic nitrogens is 4. The zero-order chi connectivity index (χ0) is 27.7. The van der Waals surface area contributed by atoms with E-state index in [0.717, 1.165) is 10.6 Å². The van der Waals surface area contributed by atoms with Gasteiger partial charge in [0.15, 0.2) is 5.82 Å². The summed E-state index contributed by atoms with van der Waals surface area (Å²) in [6.07, 6.45) is 1.50. The van der Waals surface area contributed by atoms with Crippen LogP contribution in [0.1, 0.15) is 21.7 Å². The van der Waals surface area contributed by atoms with Crippen LogP contribution in [0.25, 0.3) is 11.8 Å². The highest BCUT2D eigenvalue weighted by Crippen LogP contribution is 2.24. The third-order valence-electron chi connectivity index (χ3n) is 5.72. The smallest absolute Gasteiger partial charge is 0.272 e. The molecule has 10 heteroatoms. The van der Waals surface area contributed by atoms with Crippen LogP contribution in [-0.4, -0.2) is 32.0 Å². The van der Waals surface area contributed by atoms with E-state index in [1.54, 1.807) is 58.9 Å². The number of thioether (sulfide) groups is 1. The molecule has 8 nitrogen and oxygen atoms in total. The average molecular weight is 551 g/mol. The minimum absolute atomic E-state index is 0.0201. The fraction of sp³-hybridized carbons (Fsp3) is 0.0333. The van der Waals surface area contributed by atoms with Crippen molar-refractivity contribution < 1.29 is 14.0 Å². The van der Waals surface area contributed by atoms with Gasteiger partial charge < -0.3 is 10.6 Å². The van der Waals surface area contributed by atoms with Crippen molar-refractivity contribution in [3.63, 3.8) is 0 Å². The van der Waals surface area contributed by atoms with E-state index in [1.807, 2.05) is 42.5 Å². The number of anilines is 1. The minimum Gasteiger partial charge on any atom is -0.321 e. The highest BCUT2D eigenvalue weighted by atomic mass is 32.2. The van der Waals surface area contributed by atoms with E-state index in [2.05, 4.69) is 26.2 Å². The molecule has 0 radical (unpaired) electrons. The lowest BCUT2D eigenvalue weighted by molar-refractivity contribution is -0.113. The van der Waals surface area contributed by atoms with Crippen molar-refractivity contribution in [3.05, 3.63) is 138 Å². The lowest BCUT2D eigenvalue weighted by Crippen LogP contribution is -2.30. The van der Waals surface area contributed by atoms with Crippen molar-refractivity contribution in [3.8, 4) is 5.69 Å². The minimum atomic E-state index is -0.518. The van der Waals surface area contributed by atoms with E-state index in [4.69, 9.17) is 0 Å². The number of para-hydroxylation sites is 1. The number of halogens is 1. The highest BCUT2D eigenvalue weighted by Gasteiger charge is 2.15. The average Bonchev–Trinajstić information content (AvgIpc) is 3.47. The summed E-state index contributed by atoms with van der Waals surface area (Å²) in [4.78, 5) is 26.9. The first kappa shape index (κ1) is 26.5. The number of hydrogen-bond donors (Lipinski definition) is 2. The first-order valence-electron chi connectivity index (χ1n) is 12.3. The standard InChI is InChI=1S/C30H23FN6O2S/c31-23-13-11-21(12-14-23)19-27(33-29(38)22-7-3-1-4-8-22)30(39)32-24-15-17-26(18-16-24)40-20-28-34-35-36-37(28)25-9-5-2-6-10-25/h1-19H,20H2,(H,32,39)(H,33,38)/b27-19-. The number of carbonyl (C=O) groups is 2. The molecule has 2 amide bonds. The Morgan fingerprint density at radius 1 is 0.850 bits per heavy atom. The van der Waals surface area contributed by atoms with Crippen LogP contribution in [0.2, 0.25) is 0 Å². The molecule has 0 atom stereocenters. The Balaban J connectivity index is 1.26. The topological polar surface area (TPSA) is 102 Å². The van der Waals surface area contributed by atoms with Crippen molar-refractivity contribution in [1.29, 1.82) is 0 Å². The maximum absolute atomic E-state index is 13.4. The zero-order valence-corrected chi connectivity index (χ0v) is 21.9. The largest absolute Gasteiger partial charge is 0.321 e. The van der Waals surface area contributed by atoms with Gasteiger partial charge in [0.2, 0.25) is 0 Å². The Bertz CT molecular complexity index is 1620. The number of amides is 2. The zero-order valence-electron chi connectivity index (χ0n) is 21.1. The van der Waals surface area contributed by atoms with Crippen LogP contribution in [0.3, 0.4) is 0 Å². The lowest BCUT2D eigenvalue weighted by atomic mass is 10.1. The molecule has 0 unspecified atom stereocenters. The second-order valence-electron chi connectivity index (χ2n) is 8.54. The van der Waals surface area contributed by atoms with Gasteiger partial charge in [0.25, 0.3) is 11.8 Å². The molecule has 4 aromatic carbocycles. The molecule has 5 aromatic rings. The molecule has 5 rings (SSSR count). The second-order valence-corrected chi connectivity index (χ2v) is 9.59. The van der Waals surface area contributed by atoms with Gasteiger partial charge in [0.1, 0.15) is 11.5 Å². The molecule has 198 valence electrons. The van der Waals surface area contributed by atoms with Crippen molar-refractivity contribution in [2.75, 3.05) is 5.32 Å². The third kappa shape index (κ3) is 6.86. The van der Waals surface area contributed by atoms with Gasteiger partial charge in [-0.15, -0.1) is 16.9 Å². The summed E-state index contributed by atoms with van der Waals surface area (Å²) in [6, 6.07) is 31.1. The van der Waals surface area contributed by atoms with Crippen molar-refractivity contribution in [2.45, 2.75) is 10.6 Å². The number of carbonyl (C=O) groups excluding carboxylic acids is 2. The van der Waals surface area contributed by atoms with Crippen molar-refractivity contribution in [1.82, 2.24) is 25.5 Å². The molecule has 0 saturated carbocycles. The molecule has 2 N–H and O–H groups in total. The van der Waals surface area contributed by atoms with E-state index in [9.17, 15) is 14.0 Å². The van der Waals surface area contributed by atoms with Gasteiger partial charge in [-0.3, -0.25) is 9.59 Å². The van der Waals surface area contributed by atoms with Crippen LogP contribution in [0.4, 0.5) is 10.1 Å². The molecule has 0 aliphatic carbocycles. The molecule has 0 spiro atoms. The van der Waals surface area contributed by atoms with Crippen LogP contribution in [0.15, 0.2) is 120 Å². The number of nitrogens with zero attached hydrogens (tertiary/aromatic N) is 4. The Labute approximate surface area is 233 Å². The van der Waals surface area contributed by atoms with Gasteiger partial charge in [-0.2, -0.15) is 4.68 Å². The van der Waals surface area contributed by atoms with E-state index < -0.39 is 17.6 Å². The van der Waals surface area contributed by atoms with Gasteiger partial charge in [-0.05, 0) is 82.7 Å². The number of hydrogen-bond acceptors (Lipinski definition) is 6. The first-order valence-corrected chi connectivity index (χ1v) is 13.2. The van der Waals surface area contributed by atoms with Crippen LogP contribution in [0.5, 0.6) is 0 Å². The summed E-state index contributed by atoms with van der Waals surface area (Å²) < 4.78 is 15.1. The van der Waals surface area contributed by atoms with Gasteiger partial charge in [0.05, 0.1) is 11.4 Å². The Morgan fingerprint density at radius 3 is 2.23 bits per heavy atom. The van der Waals surface area contributed by atoms with E-state index >= 15 is 0 Å². The van der Waals surface area contributed by atoms with Crippen LogP contribution in [-0.2, 0) is 10.5 Å². The molecule has 0 bridgehead atoms. The van der Waals surface area contributed by atoms with Gasteiger partial charge >= 0.3 is 0 Å². The Kier molecular flexibility index (Phi) is 8.38. The van der Waals surface area contributed by atoms with Crippen molar-refractivity contribution >= 4 is 35.3 Å². The molecule has 0 saturated heterocycles. The summed E-state index contributed by atoms with van der Waals surface area (Å²) in [5, 5.41) is 17.5. The fourth-order valence-electron chi connectivity index (χ4n) is 3.71. The normalized spacial score (nSPS) is 11.2.